The summed E-state index contributed by atoms with van der Waals surface area (Å²) < 4.78 is 31.2. The molecule has 0 aliphatic rings. The lowest BCUT2D eigenvalue weighted by molar-refractivity contribution is 0.413. The lowest BCUT2D eigenvalue weighted by Crippen LogP contribution is -1.90. The fraction of sp³-hybridized carbons (Fsp3) is 0.200. The molecule has 0 bridgehead atoms. The standard InChI is InChI=1S/C10H9F2NO/c1-5-3-6-8(14-2)4-7(11)9(12)10(6)13-5/h3-4,13H,1-2H3. The van der Waals surface area contributed by atoms with Crippen LogP contribution in [0.4, 0.5) is 8.78 Å². The number of fused-ring (bicyclic) bond motifs is 1. The third-order valence-corrected chi connectivity index (χ3v) is 2.12. The summed E-state index contributed by atoms with van der Waals surface area (Å²) in [7, 11) is 1.43. The minimum atomic E-state index is -0.906. The van der Waals surface area contributed by atoms with Crippen LogP contribution in [0.15, 0.2) is 12.1 Å². The van der Waals surface area contributed by atoms with Crippen molar-refractivity contribution >= 4 is 10.9 Å². The molecule has 2 aromatic rings. The molecule has 74 valence electrons. The van der Waals surface area contributed by atoms with Crippen molar-refractivity contribution in [1.29, 1.82) is 0 Å². The number of halogens is 2. The van der Waals surface area contributed by atoms with Gasteiger partial charge < -0.3 is 9.72 Å². The summed E-state index contributed by atoms with van der Waals surface area (Å²) in [6.45, 7) is 1.77. The van der Waals surface area contributed by atoms with Crippen molar-refractivity contribution in [2.75, 3.05) is 7.11 Å². The molecule has 0 aliphatic heterocycles. The Bertz CT molecular complexity index is 490. The molecule has 0 aliphatic carbocycles. The van der Waals surface area contributed by atoms with Crippen LogP contribution in [0.2, 0.25) is 0 Å². The van der Waals surface area contributed by atoms with E-state index < -0.39 is 11.6 Å². The number of hydrogen-bond donors (Lipinski definition) is 1. The highest BCUT2D eigenvalue weighted by Crippen LogP contribution is 2.30. The van der Waals surface area contributed by atoms with Crippen molar-refractivity contribution in [3.63, 3.8) is 0 Å². The van der Waals surface area contributed by atoms with Crippen LogP contribution in [-0.4, -0.2) is 12.1 Å². The van der Waals surface area contributed by atoms with Crippen molar-refractivity contribution in [3.8, 4) is 5.75 Å². The second-order valence-corrected chi connectivity index (χ2v) is 3.12. The van der Waals surface area contributed by atoms with Gasteiger partial charge in [0.05, 0.1) is 12.6 Å². The van der Waals surface area contributed by atoms with Crippen LogP contribution in [-0.2, 0) is 0 Å². The molecule has 0 spiro atoms. The Kier molecular flexibility index (Phi) is 1.91. The SMILES string of the molecule is COc1cc(F)c(F)c2[nH]c(C)cc12. The van der Waals surface area contributed by atoms with Crippen LogP contribution in [0.5, 0.6) is 5.75 Å². The van der Waals surface area contributed by atoms with Gasteiger partial charge in [-0.3, -0.25) is 0 Å². The highest BCUT2D eigenvalue weighted by Gasteiger charge is 2.14. The van der Waals surface area contributed by atoms with E-state index in [1.54, 1.807) is 13.0 Å². The number of hydrogen-bond acceptors (Lipinski definition) is 1. The number of methoxy groups -OCH3 is 1. The van der Waals surface area contributed by atoms with E-state index in [2.05, 4.69) is 4.98 Å². The van der Waals surface area contributed by atoms with E-state index in [9.17, 15) is 8.78 Å². The first-order chi connectivity index (χ1) is 6.63. The third-order valence-electron chi connectivity index (χ3n) is 2.12. The summed E-state index contributed by atoms with van der Waals surface area (Å²) in [5, 5.41) is 0.559. The lowest BCUT2D eigenvalue weighted by Gasteiger charge is -2.02. The Hall–Kier alpha value is -1.58. The van der Waals surface area contributed by atoms with Gasteiger partial charge in [0, 0.05) is 17.1 Å². The number of nitrogens with one attached hydrogen (secondary N) is 1. The Morgan fingerprint density at radius 1 is 1.29 bits per heavy atom. The molecule has 0 fully saturated rings. The molecule has 4 heteroatoms. The lowest BCUT2D eigenvalue weighted by atomic mass is 10.2. The quantitative estimate of drug-likeness (QED) is 0.747. The monoisotopic (exact) mass is 197 g/mol. The average molecular weight is 197 g/mol. The second kappa shape index (κ2) is 2.97. The fourth-order valence-electron chi connectivity index (χ4n) is 1.50. The Balaban J connectivity index is 2.88. The van der Waals surface area contributed by atoms with Crippen LogP contribution in [0.25, 0.3) is 10.9 Å². The highest BCUT2D eigenvalue weighted by molar-refractivity contribution is 5.87. The maximum atomic E-state index is 13.3. The molecule has 1 N–H and O–H groups in total. The van der Waals surface area contributed by atoms with Gasteiger partial charge in [0.1, 0.15) is 5.75 Å². The fourth-order valence-corrected chi connectivity index (χ4v) is 1.50. The number of benzene rings is 1. The maximum Gasteiger partial charge on any atom is 0.183 e. The second-order valence-electron chi connectivity index (χ2n) is 3.12. The summed E-state index contributed by atoms with van der Waals surface area (Å²) in [6, 6.07) is 2.77. The smallest absolute Gasteiger partial charge is 0.183 e. The normalized spacial score (nSPS) is 10.9. The topological polar surface area (TPSA) is 25.0 Å². The number of ether oxygens (including phenoxy) is 1. The molecule has 0 saturated heterocycles. The molecule has 14 heavy (non-hydrogen) atoms. The molecule has 2 nitrogen and oxygen atoms in total. The summed E-state index contributed by atoms with van der Waals surface area (Å²) in [6.07, 6.45) is 0. The number of H-pyrrole nitrogens is 1. The summed E-state index contributed by atoms with van der Waals surface area (Å²) in [5.41, 5.74) is 0.919. The van der Waals surface area contributed by atoms with E-state index in [0.29, 0.717) is 11.1 Å². The molecule has 0 atom stereocenters. The van der Waals surface area contributed by atoms with E-state index in [1.165, 1.54) is 7.11 Å². The van der Waals surface area contributed by atoms with Crippen LogP contribution >= 0.6 is 0 Å². The highest BCUT2D eigenvalue weighted by atomic mass is 19.2. The van der Waals surface area contributed by atoms with Crippen molar-refractivity contribution in [2.45, 2.75) is 6.92 Å². The van der Waals surface area contributed by atoms with Gasteiger partial charge in [0.2, 0.25) is 0 Å². The summed E-state index contributed by atoms with van der Waals surface area (Å²) in [4.78, 5) is 2.75. The average Bonchev–Trinajstić information content (AvgIpc) is 2.54. The van der Waals surface area contributed by atoms with Crippen LogP contribution in [0, 0.1) is 18.6 Å². The molecular weight excluding hydrogens is 188 g/mol. The molecule has 0 saturated carbocycles. The predicted octanol–water partition coefficient (Wildman–Crippen LogP) is 2.76. The number of aromatic amines is 1. The van der Waals surface area contributed by atoms with Gasteiger partial charge in [-0.1, -0.05) is 0 Å². The molecule has 1 aromatic carbocycles. The van der Waals surface area contributed by atoms with Crippen molar-refractivity contribution in [3.05, 3.63) is 29.5 Å². The zero-order chi connectivity index (χ0) is 10.3. The number of aromatic nitrogens is 1. The van der Waals surface area contributed by atoms with E-state index in [0.717, 1.165) is 11.8 Å². The Labute approximate surface area is 79.5 Å². The Morgan fingerprint density at radius 2 is 2.00 bits per heavy atom. The first kappa shape index (κ1) is 8.99. The van der Waals surface area contributed by atoms with Crippen LogP contribution < -0.4 is 4.74 Å². The van der Waals surface area contributed by atoms with Gasteiger partial charge in [-0.2, -0.15) is 0 Å². The summed E-state index contributed by atoms with van der Waals surface area (Å²) in [5.74, 6) is -1.44. The van der Waals surface area contributed by atoms with Gasteiger partial charge in [0.25, 0.3) is 0 Å². The number of aryl methyl sites for hydroxylation is 1. The van der Waals surface area contributed by atoms with E-state index in [1.807, 2.05) is 0 Å². The van der Waals surface area contributed by atoms with Crippen molar-refractivity contribution in [1.82, 2.24) is 4.98 Å². The third kappa shape index (κ3) is 1.14. The van der Waals surface area contributed by atoms with E-state index in [-0.39, 0.29) is 5.52 Å². The minimum Gasteiger partial charge on any atom is -0.496 e. The van der Waals surface area contributed by atoms with Crippen molar-refractivity contribution in [2.24, 2.45) is 0 Å². The maximum absolute atomic E-state index is 13.3. The van der Waals surface area contributed by atoms with Crippen molar-refractivity contribution < 1.29 is 13.5 Å². The van der Waals surface area contributed by atoms with Gasteiger partial charge in [-0.15, -0.1) is 0 Å². The van der Waals surface area contributed by atoms with Crippen LogP contribution in [0.1, 0.15) is 5.69 Å². The molecule has 2 rings (SSSR count). The Morgan fingerprint density at radius 3 is 2.64 bits per heavy atom. The number of rotatable bonds is 1. The zero-order valence-electron chi connectivity index (χ0n) is 7.82. The zero-order valence-corrected chi connectivity index (χ0v) is 7.82. The van der Waals surface area contributed by atoms with Gasteiger partial charge >= 0.3 is 0 Å². The minimum absolute atomic E-state index is 0.152. The summed E-state index contributed by atoms with van der Waals surface area (Å²) >= 11 is 0. The van der Waals surface area contributed by atoms with Gasteiger partial charge in [-0.25, -0.2) is 8.78 Å². The molecular formula is C10H9F2NO. The van der Waals surface area contributed by atoms with Gasteiger partial charge in [0.15, 0.2) is 11.6 Å². The van der Waals surface area contributed by atoms with E-state index in [4.69, 9.17) is 4.74 Å². The van der Waals surface area contributed by atoms with Crippen LogP contribution in [0.3, 0.4) is 0 Å². The molecule has 1 aromatic heterocycles. The first-order valence-electron chi connectivity index (χ1n) is 4.15. The van der Waals surface area contributed by atoms with E-state index >= 15 is 0 Å². The molecule has 0 radical (unpaired) electrons. The largest absolute Gasteiger partial charge is 0.496 e. The van der Waals surface area contributed by atoms with Gasteiger partial charge in [-0.05, 0) is 13.0 Å². The first-order valence-corrected chi connectivity index (χ1v) is 4.15. The molecule has 0 amide bonds. The predicted molar refractivity (Wildman–Crippen MR) is 49.5 cm³/mol. The molecule has 0 unspecified atom stereocenters. The molecule has 1 heterocycles.